The van der Waals surface area contributed by atoms with Gasteiger partial charge in [0.05, 0.1) is 18.1 Å². The topological polar surface area (TPSA) is 83.9 Å². The predicted octanol–water partition coefficient (Wildman–Crippen LogP) is 2.34. The molecule has 1 fully saturated rings. The number of hydrogen-bond acceptors (Lipinski definition) is 4. The van der Waals surface area contributed by atoms with E-state index in [0.717, 1.165) is 4.31 Å². The van der Waals surface area contributed by atoms with E-state index in [9.17, 15) is 13.2 Å². The Morgan fingerprint density at radius 2 is 1.95 bits per heavy atom. The number of carboxylic acids is 1. The highest BCUT2D eigenvalue weighted by molar-refractivity contribution is 7.89. The lowest BCUT2D eigenvalue weighted by molar-refractivity contribution is -0.142. The maximum absolute atomic E-state index is 12.7. The highest BCUT2D eigenvalue weighted by Crippen LogP contribution is 2.39. The van der Waals surface area contributed by atoms with Crippen LogP contribution < -0.4 is 4.74 Å². The lowest BCUT2D eigenvalue weighted by atomic mass is 9.99. The van der Waals surface area contributed by atoms with Crippen LogP contribution in [0.3, 0.4) is 0 Å². The summed E-state index contributed by atoms with van der Waals surface area (Å²) in [6.07, 6.45) is 0. The molecule has 0 bridgehead atoms. The molecule has 0 spiro atoms. The maximum atomic E-state index is 12.7. The SMILES string of the molecule is COc1ccc(S(=O)(=O)N2C[C@@H](C)[C@H](C(=O)O)C2)c(Cl)c1Cl. The molecule has 1 N–H and O–H groups in total. The fraction of sp³-hybridized carbons (Fsp3) is 0.462. The van der Waals surface area contributed by atoms with Gasteiger partial charge in [-0.15, -0.1) is 0 Å². The molecule has 1 heterocycles. The van der Waals surface area contributed by atoms with Crippen LogP contribution in [0.1, 0.15) is 6.92 Å². The van der Waals surface area contributed by atoms with Crippen LogP contribution >= 0.6 is 23.2 Å². The second-order valence-electron chi connectivity index (χ2n) is 5.14. The molecular weight excluding hydrogens is 353 g/mol. The minimum absolute atomic E-state index is 0.00673. The third-order valence-corrected chi connectivity index (χ3v) is 6.60. The Labute approximate surface area is 138 Å². The lowest BCUT2D eigenvalue weighted by Gasteiger charge is -2.18. The maximum Gasteiger partial charge on any atom is 0.308 e. The summed E-state index contributed by atoms with van der Waals surface area (Å²) < 4.78 is 31.4. The largest absolute Gasteiger partial charge is 0.495 e. The van der Waals surface area contributed by atoms with Crippen molar-refractivity contribution in [3.05, 3.63) is 22.2 Å². The molecule has 1 aromatic carbocycles. The summed E-state index contributed by atoms with van der Waals surface area (Å²) in [4.78, 5) is 11.0. The van der Waals surface area contributed by atoms with Gasteiger partial charge in [0.25, 0.3) is 0 Å². The fourth-order valence-electron chi connectivity index (χ4n) is 2.45. The number of sulfonamides is 1. The molecule has 122 valence electrons. The Morgan fingerprint density at radius 3 is 2.45 bits per heavy atom. The first-order valence-electron chi connectivity index (χ1n) is 6.45. The van der Waals surface area contributed by atoms with E-state index in [4.69, 9.17) is 33.0 Å². The van der Waals surface area contributed by atoms with E-state index in [2.05, 4.69) is 0 Å². The number of hydrogen-bond donors (Lipinski definition) is 1. The summed E-state index contributed by atoms with van der Waals surface area (Å²) in [5.41, 5.74) is 0. The van der Waals surface area contributed by atoms with E-state index in [1.165, 1.54) is 19.2 Å². The molecule has 0 aromatic heterocycles. The van der Waals surface area contributed by atoms with Crippen LogP contribution in [-0.2, 0) is 14.8 Å². The van der Waals surface area contributed by atoms with Crippen molar-refractivity contribution in [2.24, 2.45) is 11.8 Å². The third-order valence-electron chi connectivity index (χ3n) is 3.75. The molecule has 0 unspecified atom stereocenters. The van der Waals surface area contributed by atoms with E-state index in [1.54, 1.807) is 6.92 Å². The molecule has 0 amide bonds. The molecule has 0 aliphatic carbocycles. The van der Waals surface area contributed by atoms with Crippen LogP contribution in [0, 0.1) is 11.8 Å². The normalized spacial score (nSPS) is 22.7. The van der Waals surface area contributed by atoms with Gasteiger partial charge in [-0.2, -0.15) is 4.31 Å². The Bertz CT molecular complexity index is 707. The van der Waals surface area contributed by atoms with Gasteiger partial charge in [-0.25, -0.2) is 8.42 Å². The number of carbonyl (C=O) groups is 1. The molecule has 0 radical (unpaired) electrons. The summed E-state index contributed by atoms with van der Waals surface area (Å²) in [6, 6.07) is 2.72. The predicted molar refractivity (Wildman–Crippen MR) is 82.1 cm³/mol. The van der Waals surface area contributed by atoms with Crippen molar-refractivity contribution in [2.75, 3.05) is 20.2 Å². The molecule has 9 heteroatoms. The fourth-order valence-corrected chi connectivity index (χ4v) is 4.83. The summed E-state index contributed by atoms with van der Waals surface area (Å²) in [7, 11) is -2.52. The number of nitrogens with zero attached hydrogens (tertiary/aromatic N) is 1. The number of methoxy groups -OCH3 is 1. The lowest BCUT2D eigenvalue weighted by Crippen LogP contribution is -2.30. The Hall–Kier alpha value is -1.02. The number of halogens is 2. The number of rotatable bonds is 4. The van der Waals surface area contributed by atoms with Crippen molar-refractivity contribution in [3.63, 3.8) is 0 Å². The van der Waals surface area contributed by atoms with Gasteiger partial charge in [-0.3, -0.25) is 4.79 Å². The molecule has 2 atom stereocenters. The standard InChI is InChI=1S/C13H15Cl2NO5S/c1-7-5-16(6-8(7)13(17)18)22(19,20)10-4-3-9(21-2)11(14)12(10)15/h3-4,7-8H,5-6H2,1-2H3,(H,17,18)/t7-,8-/m1/s1. The summed E-state index contributed by atoms with van der Waals surface area (Å²) in [5, 5.41) is 8.99. The van der Waals surface area contributed by atoms with Gasteiger partial charge in [-0.1, -0.05) is 30.1 Å². The number of carboxylic acid groups (broad SMARTS) is 1. The summed E-state index contributed by atoms with van der Waals surface area (Å²) in [5.74, 6) is -1.75. The average molecular weight is 368 g/mol. The first-order chi connectivity index (χ1) is 10.2. The molecule has 0 saturated carbocycles. The van der Waals surface area contributed by atoms with Crippen LogP contribution in [0.15, 0.2) is 17.0 Å². The molecule has 22 heavy (non-hydrogen) atoms. The smallest absolute Gasteiger partial charge is 0.308 e. The third kappa shape index (κ3) is 2.90. The van der Waals surface area contributed by atoms with E-state index >= 15 is 0 Å². The first kappa shape index (κ1) is 17.3. The van der Waals surface area contributed by atoms with Gasteiger partial charge >= 0.3 is 5.97 Å². The van der Waals surface area contributed by atoms with Gasteiger partial charge in [0.15, 0.2) is 0 Å². The minimum Gasteiger partial charge on any atom is -0.495 e. The van der Waals surface area contributed by atoms with Gasteiger partial charge in [0.2, 0.25) is 10.0 Å². The van der Waals surface area contributed by atoms with E-state index < -0.39 is 21.9 Å². The molecule has 1 aromatic rings. The van der Waals surface area contributed by atoms with Crippen molar-refractivity contribution in [3.8, 4) is 5.75 Å². The van der Waals surface area contributed by atoms with Crippen LogP contribution in [0.5, 0.6) is 5.75 Å². The second kappa shape index (κ2) is 6.23. The average Bonchev–Trinajstić information content (AvgIpc) is 2.84. The van der Waals surface area contributed by atoms with Gasteiger partial charge in [-0.05, 0) is 18.1 Å². The number of ether oxygens (including phenoxy) is 1. The highest BCUT2D eigenvalue weighted by Gasteiger charge is 2.41. The monoisotopic (exact) mass is 367 g/mol. The molecular formula is C13H15Cl2NO5S. The van der Waals surface area contributed by atoms with Crippen molar-refractivity contribution < 1.29 is 23.1 Å². The quantitative estimate of drug-likeness (QED) is 0.882. The van der Waals surface area contributed by atoms with Gasteiger partial charge < -0.3 is 9.84 Å². The van der Waals surface area contributed by atoms with Crippen molar-refractivity contribution >= 4 is 39.2 Å². The first-order valence-corrected chi connectivity index (χ1v) is 8.64. The Morgan fingerprint density at radius 1 is 1.32 bits per heavy atom. The van der Waals surface area contributed by atoms with E-state index in [-0.39, 0.29) is 39.7 Å². The second-order valence-corrected chi connectivity index (χ2v) is 7.80. The number of aliphatic carboxylic acids is 1. The summed E-state index contributed by atoms with van der Waals surface area (Å²) in [6.45, 7) is 1.75. The minimum atomic E-state index is -3.92. The zero-order chi connectivity index (χ0) is 16.7. The zero-order valence-electron chi connectivity index (χ0n) is 11.9. The van der Waals surface area contributed by atoms with Crippen LogP contribution in [0.4, 0.5) is 0 Å². The van der Waals surface area contributed by atoms with E-state index in [0.29, 0.717) is 0 Å². The van der Waals surface area contributed by atoms with E-state index in [1.807, 2.05) is 0 Å². The molecule has 1 aliphatic heterocycles. The summed E-state index contributed by atoms with van der Waals surface area (Å²) >= 11 is 12.0. The van der Waals surface area contributed by atoms with Crippen LogP contribution in [0.25, 0.3) is 0 Å². The van der Waals surface area contributed by atoms with Gasteiger partial charge in [0.1, 0.15) is 15.7 Å². The van der Waals surface area contributed by atoms with Crippen molar-refractivity contribution in [1.82, 2.24) is 4.31 Å². The van der Waals surface area contributed by atoms with Crippen molar-refractivity contribution in [2.45, 2.75) is 11.8 Å². The molecule has 1 saturated heterocycles. The highest BCUT2D eigenvalue weighted by atomic mass is 35.5. The van der Waals surface area contributed by atoms with Gasteiger partial charge in [0, 0.05) is 13.1 Å². The van der Waals surface area contributed by atoms with Crippen molar-refractivity contribution in [1.29, 1.82) is 0 Å². The molecule has 2 rings (SSSR count). The van der Waals surface area contributed by atoms with Crippen LogP contribution in [0.2, 0.25) is 10.0 Å². The number of benzene rings is 1. The molecule has 1 aliphatic rings. The van der Waals surface area contributed by atoms with Crippen LogP contribution in [-0.4, -0.2) is 44.0 Å². The Kier molecular flexibility index (Phi) is 4.91. The molecule has 6 nitrogen and oxygen atoms in total. The Balaban J connectivity index is 2.40. The zero-order valence-corrected chi connectivity index (χ0v) is 14.2.